The summed E-state index contributed by atoms with van der Waals surface area (Å²) >= 11 is 0. The third kappa shape index (κ3) is 5.64. The molecule has 1 amide bonds. The third-order valence-corrected chi connectivity index (χ3v) is 3.93. The summed E-state index contributed by atoms with van der Waals surface area (Å²) in [6.07, 6.45) is 0.888. The molecular weight excluding hydrogens is 318 g/mol. The second-order valence-corrected chi connectivity index (χ2v) is 5.59. The maximum Gasteiger partial charge on any atom is 0.307 e. The van der Waals surface area contributed by atoms with Crippen LogP contribution in [0, 0.1) is 0 Å². The van der Waals surface area contributed by atoms with Crippen molar-refractivity contribution in [1.29, 1.82) is 0 Å². The van der Waals surface area contributed by atoms with E-state index in [0.717, 1.165) is 12.0 Å². The number of amides is 1. The van der Waals surface area contributed by atoms with Crippen LogP contribution >= 0.6 is 0 Å². The van der Waals surface area contributed by atoms with Gasteiger partial charge in [0.25, 0.3) is 5.91 Å². The van der Waals surface area contributed by atoms with Gasteiger partial charge in [-0.2, -0.15) is 0 Å². The molecule has 0 N–H and O–H groups in total. The molecule has 0 fully saturated rings. The molecule has 0 aliphatic heterocycles. The highest BCUT2D eigenvalue weighted by Gasteiger charge is 2.17. The second-order valence-electron chi connectivity index (χ2n) is 5.59. The van der Waals surface area contributed by atoms with E-state index in [-0.39, 0.29) is 18.3 Å². The Kier molecular flexibility index (Phi) is 7.01. The number of methoxy groups -OCH3 is 2. The van der Waals surface area contributed by atoms with Crippen LogP contribution in [-0.4, -0.2) is 44.1 Å². The Bertz CT molecular complexity index is 700. The largest absolute Gasteiger partial charge is 0.497 e. The molecule has 0 atom stereocenters. The third-order valence-electron chi connectivity index (χ3n) is 3.93. The van der Waals surface area contributed by atoms with E-state index in [1.165, 1.54) is 7.11 Å². The first-order chi connectivity index (χ1) is 12.1. The Morgan fingerprint density at radius 3 is 2.40 bits per heavy atom. The lowest BCUT2D eigenvalue weighted by molar-refractivity contribution is -0.140. The van der Waals surface area contributed by atoms with E-state index in [9.17, 15) is 9.59 Å². The van der Waals surface area contributed by atoms with Crippen LogP contribution in [0.25, 0.3) is 0 Å². The molecule has 2 rings (SSSR count). The number of nitrogens with zero attached hydrogens (tertiary/aromatic N) is 1. The minimum Gasteiger partial charge on any atom is -0.497 e. The van der Waals surface area contributed by atoms with Crippen molar-refractivity contribution in [3.8, 4) is 5.75 Å². The van der Waals surface area contributed by atoms with E-state index in [1.807, 2.05) is 30.3 Å². The van der Waals surface area contributed by atoms with E-state index in [1.54, 1.807) is 36.3 Å². The lowest BCUT2D eigenvalue weighted by atomic mass is 10.1. The molecule has 2 aromatic rings. The smallest absolute Gasteiger partial charge is 0.307 e. The van der Waals surface area contributed by atoms with Crippen LogP contribution in [0.2, 0.25) is 0 Å². The predicted molar refractivity (Wildman–Crippen MR) is 95.7 cm³/mol. The van der Waals surface area contributed by atoms with Gasteiger partial charge in [-0.15, -0.1) is 0 Å². The molecule has 0 radical (unpaired) electrons. The van der Waals surface area contributed by atoms with Gasteiger partial charge in [0.2, 0.25) is 0 Å². The van der Waals surface area contributed by atoms with Gasteiger partial charge in [-0.1, -0.05) is 36.4 Å². The SMILES string of the molecule is COC(=O)CCN(CCc1ccccc1)C(=O)c1cccc(OC)c1. The number of esters is 1. The summed E-state index contributed by atoms with van der Waals surface area (Å²) in [5, 5.41) is 0. The highest BCUT2D eigenvalue weighted by Crippen LogP contribution is 2.15. The van der Waals surface area contributed by atoms with E-state index in [0.29, 0.717) is 24.4 Å². The molecule has 0 aliphatic carbocycles. The summed E-state index contributed by atoms with van der Waals surface area (Å²) < 4.78 is 9.87. The highest BCUT2D eigenvalue weighted by atomic mass is 16.5. The molecule has 0 unspecified atom stereocenters. The van der Waals surface area contributed by atoms with Gasteiger partial charge in [-0.3, -0.25) is 9.59 Å². The zero-order chi connectivity index (χ0) is 18.1. The lowest BCUT2D eigenvalue weighted by Crippen LogP contribution is -2.35. The van der Waals surface area contributed by atoms with E-state index in [4.69, 9.17) is 4.74 Å². The minimum atomic E-state index is -0.330. The van der Waals surface area contributed by atoms with Crippen molar-refractivity contribution >= 4 is 11.9 Å². The molecule has 5 nitrogen and oxygen atoms in total. The van der Waals surface area contributed by atoms with Crippen molar-refractivity contribution in [2.45, 2.75) is 12.8 Å². The topological polar surface area (TPSA) is 55.8 Å². The monoisotopic (exact) mass is 341 g/mol. The first-order valence-corrected chi connectivity index (χ1v) is 8.18. The standard InChI is InChI=1S/C20H23NO4/c1-24-18-10-6-9-17(15-18)20(23)21(14-12-19(22)25-2)13-11-16-7-4-3-5-8-16/h3-10,15H,11-14H2,1-2H3. The zero-order valence-electron chi connectivity index (χ0n) is 14.6. The molecule has 132 valence electrons. The average molecular weight is 341 g/mol. The number of benzene rings is 2. The van der Waals surface area contributed by atoms with Crippen LogP contribution in [0.15, 0.2) is 54.6 Å². The van der Waals surface area contributed by atoms with Crippen LogP contribution in [0.5, 0.6) is 5.75 Å². The summed E-state index contributed by atoms with van der Waals surface area (Å²) in [6, 6.07) is 17.0. The Morgan fingerprint density at radius 1 is 0.960 bits per heavy atom. The number of carbonyl (C=O) groups is 2. The maximum atomic E-state index is 12.9. The molecule has 0 spiro atoms. The van der Waals surface area contributed by atoms with Gasteiger partial charge < -0.3 is 14.4 Å². The van der Waals surface area contributed by atoms with Gasteiger partial charge in [0.15, 0.2) is 0 Å². The normalized spacial score (nSPS) is 10.2. The first kappa shape index (κ1) is 18.5. The van der Waals surface area contributed by atoms with E-state index < -0.39 is 0 Å². The molecule has 5 heteroatoms. The fourth-order valence-corrected chi connectivity index (χ4v) is 2.49. The number of hydrogen-bond acceptors (Lipinski definition) is 4. The molecule has 0 aromatic heterocycles. The number of rotatable bonds is 8. The summed E-state index contributed by atoms with van der Waals surface area (Å²) in [5.41, 5.74) is 1.68. The number of hydrogen-bond donors (Lipinski definition) is 0. The van der Waals surface area contributed by atoms with Crippen molar-refractivity contribution in [1.82, 2.24) is 4.90 Å². The fraction of sp³-hybridized carbons (Fsp3) is 0.300. The molecule has 0 bridgehead atoms. The van der Waals surface area contributed by atoms with Gasteiger partial charge >= 0.3 is 5.97 Å². The van der Waals surface area contributed by atoms with E-state index >= 15 is 0 Å². The van der Waals surface area contributed by atoms with Gasteiger partial charge in [0.05, 0.1) is 20.6 Å². The average Bonchev–Trinajstić information content (AvgIpc) is 2.68. The summed E-state index contributed by atoms with van der Waals surface area (Å²) in [6.45, 7) is 0.840. The lowest BCUT2D eigenvalue weighted by Gasteiger charge is -2.22. The van der Waals surface area contributed by atoms with Gasteiger partial charge in [0, 0.05) is 18.7 Å². The highest BCUT2D eigenvalue weighted by molar-refractivity contribution is 5.94. The molecule has 25 heavy (non-hydrogen) atoms. The van der Waals surface area contributed by atoms with E-state index in [2.05, 4.69) is 4.74 Å². The van der Waals surface area contributed by atoms with Gasteiger partial charge in [0.1, 0.15) is 5.75 Å². The van der Waals surface area contributed by atoms with Crippen molar-refractivity contribution in [2.75, 3.05) is 27.3 Å². The van der Waals surface area contributed by atoms with Crippen molar-refractivity contribution in [3.63, 3.8) is 0 Å². The minimum absolute atomic E-state index is 0.126. The Labute approximate surface area is 148 Å². The van der Waals surface area contributed by atoms with Crippen LogP contribution in [0.1, 0.15) is 22.3 Å². The van der Waals surface area contributed by atoms with Crippen molar-refractivity contribution in [2.24, 2.45) is 0 Å². The summed E-state index contributed by atoms with van der Waals surface area (Å²) in [7, 11) is 2.91. The van der Waals surface area contributed by atoms with Crippen molar-refractivity contribution < 1.29 is 19.1 Å². The maximum absolute atomic E-state index is 12.9. The molecule has 0 aliphatic rings. The quantitative estimate of drug-likeness (QED) is 0.693. The Hall–Kier alpha value is -2.82. The van der Waals surface area contributed by atoms with Gasteiger partial charge in [-0.25, -0.2) is 0 Å². The molecular formula is C20H23NO4. The van der Waals surface area contributed by atoms with Gasteiger partial charge in [-0.05, 0) is 30.2 Å². The van der Waals surface area contributed by atoms with Crippen LogP contribution in [0.3, 0.4) is 0 Å². The Balaban J connectivity index is 2.11. The summed E-state index contributed by atoms with van der Waals surface area (Å²) in [5.74, 6) is 0.170. The van der Waals surface area contributed by atoms with Crippen molar-refractivity contribution in [3.05, 3.63) is 65.7 Å². The molecule has 0 heterocycles. The molecule has 0 saturated heterocycles. The number of ether oxygens (including phenoxy) is 2. The Morgan fingerprint density at radius 2 is 1.72 bits per heavy atom. The molecule has 2 aromatic carbocycles. The molecule has 0 saturated carbocycles. The predicted octanol–water partition coefficient (Wildman–Crippen LogP) is 2.94. The first-order valence-electron chi connectivity index (χ1n) is 8.18. The van der Waals surface area contributed by atoms with Crippen LogP contribution < -0.4 is 4.74 Å². The van der Waals surface area contributed by atoms with Crippen LogP contribution in [0.4, 0.5) is 0 Å². The summed E-state index contributed by atoms with van der Waals surface area (Å²) in [4.78, 5) is 26.0. The number of carbonyl (C=O) groups excluding carboxylic acids is 2. The van der Waals surface area contributed by atoms with Crippen LogP contribution in [-0.2, 0) is 16.0 Å². The second kappa shape index (κ2) is 9.47. The zero-order valence-corrected chi connectivity index (χ0v) is 14.6. The fourth-order valence-electron chi connectivity index (χ4n) is 2.49.